The Kier molecular flexibility index (Phi) is 2.73. The third-order valence-corrected chi connectivity index (χ3v) is 4.41. The Labute approximate surface area is 118 Å². The van der Waals surface area contributed by atoms with Crippen LogP contribution in [0.3, 0.4) is 0 Å². The molecule has 2 unspecified atom stereocenters. The van der Waals surface area contributed by atoms with Crippen LogP contribution in [0.1, 0.15) is 5.56 Å². The van der Waals surface area contributed by atoms with Crippen LogP contribution in [0, 0.1) is 0 Å². The molecule has 1 aromatic carbocycles. The number of ether oxygens (including phenoxy) is 1. The van der Waals surface area contributed by atoms with Gasteiger partial charge >= 0.3 is 0 Å². The van der Waals surface area contributed by atoms with E-state index in [1.807, 2.05) is 0 Å². The largest absolute Gasteiger partial charge is 0.497 e. The first-order chi connectivity index (χ1) is 9.46. The number of carbonyl (C=O) groups is 2. The maximum Gasteiger partial charge on any atom is 0.265 e. The lowest BCUT2D eigenvalue weighted by atomic mass is 9.91. The molecule has 0 bridgehead atoms. The number of rotatable bonds is 2. The third-order valence-electron chi connectivity index (χ3n) is 3.29. The lowest BCUT2D eigenvalue weighted by Gasteiger charge is -2.25. The van der Waals surface area contributed by atoms with E-state index < -0.39 is 22.7 Å². The first-order valence-corrected chi connectivity index (χ1v) is 6.61. The van der Waals surface area contributed by atoms with Crippen molar-refractivity contribution in [1.29, 1.82) is 0 Å². The van der Waals surface area contributed by atoms with Gasteiger partial charge in [0.15, 0.2) is 10.8 Å². The summed E-state index contributed by atoms with van der Waals surface area (Å²) in [5.74, 6) is -0.819. The Morgan fingerprint density at radius 1 is 1.50 bits per heavy atom. The van der Waals surface area contributed by atoms with Crippen molar-refractivity contribution in [1.82, 2.24) is 0 Å². The number of anilines is 1. The summed E-state index contributed by atoms with van der Waals surface area (Å²) in [6.07, 6.45) is 0. The van der Waals surface area contributed by atoms with Gasteiger partial charge in [0.2, 0.25) is 0 Å². The van der Waals surface area contributed by atoms with Gasteiger partial charge in [-0.25, -0.2) is 0 Å². The fraction of sp³-hybridized carbons (Fsp3) is 0.250. The fourth-order valence-corrected chi connectivity index (χ4v) is 3.25. The minimum Gasteiger partial charge on any atom is -0.497 e. The summed E-state index contributed by atoms with van der Waals surface area (Å²) >= 11 is 0.877. The minimum absolute atomic E-state index is 0.0394. The van der Waals surface area contributed by atoms with Gasteiger partial charge in [-0.2, -0.15) is 4.99 Å². The van der Waals surface area contributed by atoms with Crippen molar-refractivity contribution >= 4 is 34.4 Å². The Morgan fingerprint density at radius 2 is 2.25 bits per heavy atom. The molecule has 0 aromatic heterocycles. The van der Waals surface area contributed by atoms with Crippen LogP contribution in [0.2, 0.25) is 0 Å². The van der Waals surface area contributed by atoms with Crippen LogP contribution in [-0.4, -0.2) is 34.4 Å². The molecular weight excluding hydrogens is 282 g/mol. The van der Waals surface area contributed by atoms with Crippen LogP contribution < -0.4 is 15.8 Å². The molecule has 104 valence electrons. The van der Waals surface area contributed by atoms with Crippen LogP contribution in [0.4, 0.5) is 5.69 Å². The molecule has 0 fully saturated rings. The van der Waals surface area contributed by atoms with Crippen molar-refractivity contribution < 1.29 is 19.4 Å². The molecule has 0 radical (unpaired) electrons. The van der Waals surface area contributed by atoms with Crippen LogP contribution in [0.15, 0.2) is 23.2 Å². The van der Waals surface area contributed by atoms with Gasteiger partial charge in [-0.05, 0) is 18.2 Å². The molecule has 2 aliphatic heterocycles. The van der Waals surface area contributed by atoms with Gasteiger partial charge in [0.1, 0.15) is 11.0 Å². The van der Waals surface area contributed by atoms with Crippen molar-refractivity contribution in [2.24, 2.45) is 10.7 Å². The molecule has 3 rings (SSSR count). The summed E-state index contributed by atoms with van der Waals surface area (Å²) < 4.78 is 5.08. The predicted octanol–water partition coefficient (Wildman–Crippen LogP) is -0.208. The molecule has 2 heterocycles. The first-order valence-electron chi connectivity index (χ1n) is 5.74. The van der Waals surface area contributed by atoms with Gasteiger partial charge in [-0.1, -0.05) is 11.8 Å². The molecule has 0 spiro atoms. The second-order valence-corrected chi connectivity index (χ2v) is 5.54. The van der Waals surface area contributed by atoms with Crippen molar-refractivity contribution in [2.45, 2.75) is 10.9 Å². The number of aliphatic hydroxyl groups is 1. The monoisotopic (exact) mass is 293 g/mol. The molecule has 2 atom stereocenters. The number of thioether (sulfide) groups is 1. The highest BCUT2D eigenvalue weighted by Crippen LogP contribution is 2.45. The van der Waals surface area contributed by atoms with Gasteiger partial charge in [-0.15, -0.1) is 0 Å². The number of aliphatic imine (C=N–C) groups is 1. The predicted molar refractivity (Wildman–Crippen MR) is 73.5 cm³/mol. The maximum absolute atomic E-state index is 12.1. The molecule has 0 saturated heterocycles. The number of benzene rings is 1. The maximum atomic E-state index is 12.1. The number of methoxy groups -OCH3 is 1. The highest BCUT2D eigenvalue weighted by atomic mass is 32.2. The van der Waals surface area contributed by atoms with Gasteiger partial charge in [0.05, 0.1) is 7.11 Å². The average molecular weight is 293 g/mol. The Hall–Kier alpha value is -2.06. The van der Waals surface area contributed by atoms with E-state index in [9.17, 15) is 14.7 Å². The lowest BCUT2D eigenvalue weighted by Crippen LogP contribution is -2.46. The highest BCUT2D eigenvalue weighted by molar-refractivity contribution is 8.15. The number of fused-ring (bicyclic) bond motifs is 1. The third kappa shape index (κ3) is 1.61. The summed E-state index contributed by atoms with van der Waals surface area (Å²) in [5.41, 5.74) is 4.22. The van der Waals surface area contributed by atoms with Crippen LogP contribution >= 0.6 is 11.8 Å². The van der Waals surface area contributed by atoms with Crippen LogP contribution in [0.25, 0.3) is 0 Å². The van der Waals surface area contributed by atoms with Crippen molar-refractivity contribution in [3.8, 4) is 5.75 Å². The molecule has 0 saturated carbocycles. The number of amides is 2. The van der Waals surface area contributed by atoms with E-state index in [4.69, 9.17) is 10.5 Å². The zero-order chi connectivity index (χ0) is 14.5. The first kappa shape index (κ1) is 12.9. The van der Waals surface area contributed by atoms with Gasteiger partial charge in [0.25, 0.3) is 11.8 Å². The Bertz CT molecular complexity index is 660. The summed E-state index contributed by atoms with van der Waals surface area (Å²) in [6, 6.07) is 4.78. The van der Waals surface area contributed by atoms with E-state index in [-0.39, 0.29) is 10.7 Å². The topological polar surface area (TPSA) is 114 Å². The van der Waals surface area contributed by atoms with Gasteiger partial charge in [-0.3, -0.25) is 9.59 Å². The standard InChI is InChI=1S/C12H11N3O4S/c1-19-5-2-3-7-6(4-5)12(18,10(17)14-7)8-9(16)15-11(13)20-8/h2-4,8,18H,1H3,(H,14,17)(H2,13,15,16). The second-order valence-electron chi connectivity index (χ2n) is 4.42. The van der Waals surface area contributed by atoms with E-state index in [0.29, 0.717) is 11.4 Å². The van der Waals surface area contributed by atoms with Crippen molar-refractivity contribution in [2.75, 3.05) is 12.4 Å². The zero-order valence-corrected chi connectivity index (χ0v) is 11.2. The van der Waals surface area contributed by atoms with Gasteiger partial charge in [0, 0.05) is 11.3 Å². The van der Waals surface area contributed by atoms with Crippen molar-refractivity contribution in [3.63, 3.8) is 0 Å². The molecule has 4 N–H and O–H groups in total. The molecule has 2 amide bonds. The highest BCUT2D eigenvalue weighted by Gasteiger charge is 2.56. The number of nitrogens with zero attached hydrogens (tertiary/aromatic N) is 1. The molecule has 0 aliphatic carbocycles. The smallest absolute Gasteiger partial charge is 0.265 e. The SMILES string of the molecule is COc1ccc2c(c1)C(O)(C1SC(N)=NC1=O)C(=O)N2. The summed E-state index contributed by atoms with van der Waals surface area (Å²) in [4.78, 5) is 27.5. The lowest BCUT2D eigenvalue weighted by molar-refractivity contribution is -0.138. The number of nitrogens with one attached hydrogen (secondary N) is 1. The average Bonchev–Trinajstić information content (AvgIpc) is 2.88. The number of carbonyl (C=O) groups excluding carboxylic acids is 2. The second kappa shape index (κ2) is 4.22. The fourth-order valence-electron chi connectivity index (χ4n) is 2.30. The summed E-state index contributed by atoms with van der Waals surface area (Å²) in [5, 5.41) is 12.3. The molecule has 1 aromatic rings. The van der Waals surface area contributed by atoms with E-state index in [0.717, 1.165) is 11.8 Å². The van der Waals surface area contributed by atoms with E-state index in [1.165, 1.54) is 13.2 Å². The van der Waals surface area contributed by atoms with E-state index >= 15 is 0 Å². The molecule has 20 heavy (non-hydrogen) atoms. The van der Waals surface area contributed by atoms with Crippen molar-refractivity contribution in [3.05, 3.63) is 23.8 Å². The summed E-state index contributed by atoms with van der Waals surface area (Å²) in [6.45, 7) is 0. The van der Waals surface area contributed by atoms with E-state index in [1.54, 1.807) is 12.1 Å². The quantitative estimate of drug-likeness (QED) is 0.695. The minimum atomic E-state index is -2.00. The molecule has 8 heteroatoms. The van der Waals surface area contributed by atoms with Gasteiger partial charge < -0.3 is 20.9 Å². The Morgan fingerprint density at radius 3 is 2.85 bits per heavy atom. The summed E-state index contributed by atoms with van der Waals surface area (Å²) in [7, 11) is 1.47. The molecule has 2 aliphatic rings. The molecule has 7 nitrogen and oxygen atoms in total. The van der Waals surface area contributed by atoms with Crippen LogP contribution in [-0.2, 0) is 15.2 Å². The number of hydrogen-bond donors (Lipinski definition) is 3. The molecular formula is C12H11N3O4S. The van der Waals surface area contributed by atoms with Crippen LogP contribution in [0.5, 0.6) is 5.75 Å². The Balaban J connectivity index is 2.11. The normalized spacial score (nSPS) is 28.1. The number of hydrogen-bond acceptors (Lipinski definition) is 6. The zero-order valence-electron chi connectivity index (χ0n) is 10.4. The number of amidine groups is 1. The van der Waals surface area contributed by atoms with E-state index in [2.05, 4.69) is 10.3 Å². The number of nitrogens with two attached hydrogens (primary N) is 1.